The Morgan fingerprint density at radius 3 is 1.43 bits per heavy atom. The average Bonchev–Trinajstić information content (AvgIpc) is 3.22. The van der Waals surface area contributed by atoms with Crippen LogP contribution >= 0.6 is 7.82 Å². The lowest BCUT2D eigenvalue weighted by Gasteiger charge is -2.28. The molecule has 0 bridgehead atoms. The predicted octanol–water partition coefficient (Wildman–Crippen LogP) is 14.9. The van der Waals surface area contributed by atoms with Gasteiger partial charge in [0.15, 0.2) is 0 Å². The lowest BCUT2D eigenvalue weighted by molar-refractivity contribution is -0.870. The molecule has 0 N–H and O–H groups in total. The predicted molar refractivity (Wildman–Crippen MR) is 259 cm³/mol. The molecule has 0 aromatic carbocycles. The highest BCUT2D eigenvalue weighted by molar-refractivity contribution is 7.45. The summed E-state index contributed by atoms with van der Waals surface area (Å²) in [4.78, 5) is 25.2. The number of phosphoric ester groups is 1. The molecule has 0 saturated carbocycles. The highest BCUT2D eigenvalue weighted by atomic mass is 31.2. The Bertz CT molecular complexity index is 1120. The van der Waals surface area contributed by atoms with Crippen LogP contribution in [0.2, 0.25) is 0 Å². The van der Waals surface area contributed by atoms with Gasteiger partial charge in [0, 0.05) is 13.0 Å². The van der Waals surface area contributed by atoms with Crippen LogP contribution in [0.3, 0.4) is 0 Å². The van der Waals surface area contributed by atoms with Gasteiger partial charge >= 0.3 is 5.97 Å². The van der Waals surface area contributed by atoms with E-state index in [1.165, 1.54) is 141 Å². The molecular weight excluding hydrogens is 782 g/mol. The second-order valence-electron chi connectivity index (χ2n) is 18.2. The topological polar surface area (TPSA) is 94.1 Å². The SMILES string of the molecule is CC/C=C\C/C=C\C/C=C\C/C=C\CCCCCCCCCCCCC(=O)OC(COCCCCCCCCCCCCCCCCCC)COP(=O)([O-])OCC[N+](C)(C)C. The third-order valence-corrected chi connectivity index (χ3v) is 11.9. The van der Waals surface area contributed by atoms with E-state index >= 15 is 0 Å². The maximum atomic E-state index is 12.7. The number of hydrogen-bond acceptors (Lipinski definition) is 7. The van der Waals surface area contributed by atoms with Crippen molar-refractivity contribution in [3.63, 3.8) is 0 Å². The summed E-state index contributed by atoms with van der Waals surface area (Å²) in [7, 11) is 1.36. The van der Waals surface area contributed by atoms with Crippen molar-refractivity contribution in [1.29, 1.82) is 0 Å². The Morgan fingerprint density at radius 1 is 0.525 bits per heavy atom. The molecule has 0 aliphatic rings. The number of phosphoric acid groups is 1. The molecule has 0 amide bonds. The zero-order valence-corrected chi connectivity index (χ0v) is 41.5. The van der Waals surface area contributed by atoms with Gasteiger partial charge in [-0.15, -0.1) is 0 Å². The molecule has 0 fully saturated rings. The smallest absolute Gasteiger partial charge is 0.306 e. The van der Waals surface area contributed by atoms with E-state index in [0.29, 0.717) is 24.1 Å². The number of quaternary nitrogens is 1. The summed E-state index contributed by atoms with van der Waals surface area (Å²) in [5.74, 6) is -0.337. The summed E-state index contributed by atoms with van der Waals surface area (Å²) in [6.45, 7) is 5.33. The first kappa shape index (κ1) is 59.5. The summed E-state index contributed by atoms with van der Waals surface area (Å²) >= 11 is 0. The highest BCUT2D eigenvalue weighted by Crippen LogP contribution is 2.38. The largest absolute Gasteiger partial charge is 0.756 e. The van der Waals surface area contributed by atoms with Crippen LogP contribution in [0.15, 0.2) is 48.6 Å². The molecule has 0 radical (unpaired) electrons. The van der Waals surface area contributed by atoms with Crippen molar-refractivity contribution in [2.45, 2.75) is 225 Å². The zero-order chi connectivity index (χ0) is 44.8. The molecule has 0 heterocycles. The Morgan fingerprint density at radius 2 is 0.951 bits per heavy atom. The van der Waals surface area contributed by atoms with Gasteiger partial charge in [0.05, 0.1) is 34.4 Å². The molecule has 0 aromatic heterocycles. The summed E-state index contributed by atoms with van der Waals surface area (Å²) in [6.07, 6.45) is 55.6. The average molecular weight is 880 g/mol. The number of carbonyl (C=O) groups is 1. The van der Waals surface area contributed by atoms with E-state index < -0.39 is 13.9 Å². The van der Waals surface area contributed by atoms with Gasteiger partial charge in [-0.05, 0) is 51.4 Å². The molecule has 0 saturated heterocycles. The number of ether oxygens (including phenoxy) is 2. The Kier molecular flexibility index (Phi) is 43.9. The van der Waals surface area contributed by atoms with Gasteiger partial charge in [-0.25, -0.2) is 0 Å². The van der Waals surface area contributed by atoms with Crippen molar-refractivity contribution in [2.75, 3.05) is 54.1 Å². The molecule has 0 aliphatic heterocycles. The summed E-state index contributed by atoms with van der Waals surface area (Å²) in [6, 6.07) is 0. The van der Waals surface area contributed by atoms with Crippen molar-refractivity contribution in [1.82, 2.24) is 0 Å². The monoisotopic (exact) mass is 880 g/mol. The number of carbonyl (C=O) groups excluding carboxylic acids is 1. The van der Waals surface area contributed by atoms with Crippen LogP contribution in [0, 0.1) is 0 Å². The fourth-order valence-corrected chi connectivity index (χ4v) is 7.74. The second kappa shape index (κ2) is 45.0. The fourth-order valence-electron chi connectivity index (χ4n) is 7.01. The molecule has 8 nitrogen and oxygen atoms in total. The van der Waals surface area contributed by atoms with E-state index in [9.17, 15) is 14.3 Å². The van der Waals surface area contributed by atoms with E-state index in [1.54, 1.807) is 0 Å². The van der Waals surface area contributed by atoms with Gasteiger partial charge in [-0.1, -0.05) is 210 Å². The van der Waals surface area contributed by atoms with E-state index in [4.69, 9.17) is 18.5 Å². The van der Waals surface area contributed by atoms with Crippen molar-refractivity contribution >= 4 is 13.8 Å². The first-order valence-electron chi connectivity index (χ1n) is 25.4. The lowest BCUT2D eigenvalue weighted by Crippen LogP contribution is -2.37. The van der Waals surface area contributed by atoms with Gasteiger partial charge in [-0.2, -0.15) is 0 Å². The quantitative estimate of drug-likeness (QED) is 0.0198. The zero-order valence-electron chi connectivity index (χ0n) is 40.6. The van der Waals surface area contributed by atoms with Crippen molar-refractivity contribution < 1.29 is 37.3 Å². The second-order valence-corrected chi connectivity index (χ2v) is 19.6. The van der Waals surface area contributed by atoms with Gasteiger partial charge in [0.2, 0.25) is 0 Å². The lowest BCUT2D eigenvalue weighted by atomic mass is 10.0. The van der Waals surface area contributed by atoms with Crippen LogP contribution in [0.5, 0.6) is 0 Å². The number of unbranched alkanes of at least 4 members (excludes halogenated alkanes) is 25. The summed E-state index contributed by atoms with van der Waals surface area (Å²) in [5.41, 5.74) is 0. The number of allylic oxidation sites excluding steroid dienone is 8. The maximum Gasteiger partial charge on any atom is 0.306 e. The van der Waals surface area contributed by atoms with Crippen LogP contribution in [0.1, 0.15) is 219 Å². The Labute approximate surface area is 378 Å². The number of hydrogen-bond donors (Lipinski definition) is 0. The van der Waals surface area contributed by atoms with Crippen LogP contribution in [-0.2, 0) is 27.9 Å². The molecule has 0 rings (SSSR count). The Balaban J connectivity index is 4.13. The number of nitrogens with zero attached hydrogens (tertiary/aromatic N) is 1. The summed E-state index contributed by atoms with van der Waals surface area (Å²) < 4.78 is 34.7. The normalized spacial score (nSPS) is 14.0. The van der Waals surface area contributed by atoms with Gasteiger partial charge in [0.1, 0.15) is 19.3 Å². The molecule has 0 aromatic rings. The summed E-state index contributed by atoms with van der Waals surface area (Å²) in [5, 5.41) is 0. The van der Waals surface area contributed by atoms with Crippen molar-refractivity contribution in [3.05, 3.63) is 48.6 Å². The number of esters is 1. The minimum absolute atomic E-state index is 0.0255. The first-order valence-corrected chi connectivity index (χ1v) is 26.8. The van der Waals surface area contributed by atoms with Crippen LogP contribution in [0.25, 0.3) is 0 Å². The molecule has 2 atom stereocenters. The standard InChI is InChI=1S/C52H98NO7P/c1-6-8-10-12-14-16-18-20-22-24-25-26-27-28-29-30-31-33-35-37-39-41-43-45-52(54)60-51(50-59-61(55,56)58-48-46-53(3,4)5)49-57-47-44-42-40-38-36-34-32-23-21-19-17-15-13-11-9-7-2/h8,10,14,16,20,22,25-26,51H,6-7,9,11-13,15,17-19,21,23-24,27-50H2,1-5H3/b10-8-,16-14-,22-20-,26-25-. The van der Waals surface area contributed by atoms with Crippen molar-refractivity contribution in [3.8, 4) is 0 Å². The third kappa shape index (κ3) is 49.3. The van der Waals surface area contributed by atoms with E-state index in [-0.39, 0.29) is 25.8 Å². The molecule has 0 aliphatic carbocycles. The minimum Gasteiger partial charge on any atom is -0.756 e. The molecule has 2 unspecified atom stereocenters. The van der Waals surface area contributed by atoms with E-state index in [0.717, 1.165) is 57.8 Å². The van der Waals surface area contributed by atoms with Crippen LogP contribution in [-0.4, -0.2) is 70.7 Å². The van der Waals surface area contributed by atoms with E-state index in [1.807, 2.05) is 21.1 Å². The van der Waals surface area contributed by atoms with Gasteiger partial charge in [-0.3, -0.25) is 9.36 Å². The fraction of sp³-hybridized carbons (Fsp3) is 0.827. The molecule has 9 heteroatoms. The highest BCUT2D eigenvalue weighted by Gasteiger charge is 2.20. The van der Waals surface area contributed by atoms with E-state index in [2.05, 4.69) is 62.5 Å². The van der Waals surface area contributed by atoms with Crippen molar-refractivity contribution in [2.24, 2.45) is 0 Å². The minimum atomic E-state index is -4.53. The Hall–Kier alpha value is -1.54. The third-order valence-electron chi connectivity index (χ3n) is 10.9. The number of likely N-dealkylation sites (N-methyl/N-ethyl adjacent to an activating group) is 1. The molecule has 0 spiro atoms. The van der Waals surface area contributed by atoms with Gasteiger partial charge < -0.3 is 27.9 Å². The van der Waals surface area contributed by atoms with Crippen LogP contribution in [0.4, 0.5) is 0 Å². The van der Waals surface area contributed by atoms with Gasteiger partial charge in [0.25, 0.3) is 7.82 Å². The molecule has 61 heavy (non-hydrogen) atoms. The molecule has 358 valence electrons. The number of rotatable bonds is 47. The maximum absolute atomic E-state index is 12.7. The van der Waals surface area contributed by atoms with Crippen LogP contribution < -0.4 is 4.89 Å². The molecular formula is C52H98NO7P. The first-order chi connectivity index (χ1) is 29.6.